The monoisotopic (exact) mass is 299 g/mol. The zero-order valence-corrected chi connectivity index (χ0v) is 10.8. The molecular formula is C12H11BrClNO. The van der Waals surface area contributed by atoms with Crippen molar-refractivity contribution in [3.8, 4) is 11.5 Å². The van der Waals surface area contributed by atoms with E-state index in [1.54, 1.807) is 0 Å². The SMILES string of the molecule is Cl.Nc1ccc(Oc2ccccc2)c(Br)c1. The average Bonchev–Trinajstić information content (AvgIpc) is 2.24. The molecule has 2 N–H and O–H groups in total. The summed E-state index contributed by atoms with van der Waals surface area (Å²) >= 11 is 3.40. The second-order valence-electron chi connectivity index (χ2n) is 3.10. The lowest BCUT2D eigenvalue weighted by atomic mass is 10.3. The molecular weight excluding hydrogens is 289 g/mol. The van der Waals surface area contributed by atoms with Crippen LogP contribution in [0.15, 0.2) is 53.0 Å². The Labute approximate surface area is 109 Å². The van der Waals surface area contributed by atoms with Crippen LogP contribution in [0.1, 0.15) is 0 Å². The van der Waals surface area contributed by atoms with Gasteiger partial charge in [-0.1, -0.05) is 18.2 Å². The summed E-state index contributed by atoms with van der Waals surface area (Å²) in [5.74, 6) is 1.57. The molecule has 0 atom stereocenters. The van der Waals surface area contributed by atoms with Gasteiger partial charge in [-0.2, -0.15) is 0 Å². The van der Waals surface area contributed by atoms with Crippen molar-refractivity contribution in [2.45, 2.75) is 0 Å². The average molecular weight is 301 g/mol. The van der Waals surface area contributed by atoms with E-state index in [1.165, 1.54) is 0 Å². The third kappa shape index (κ3) is 3.15. The first kappa shape index (κ1) is 12.9. The molecule has 0 bridgehead atoms. The van der Waals surface area contributed by atoms with Gasteiger partial charge in [0.05, 0.1) is 4.47 Å². The second kappa shape index (κ2) is 5.77. The fraction of sp³-hybridized carbons (Fsp3) is 0. The minimum absolute atomic E-state index is 0. The molecule has 0 amide bonds. The second-order valence-corrected chi connectivity index (χ2v) is 3.96. The number of nitrogen functional groups attached to an aromatic ring is 1. The van der Waals surface area contributed by atoms with Crippen molar-refractivity contribution in [1.29, 1.82) is 0 Å². The van der Waals surface area contributed by atoms with E-state index < -0.39 is 0 Å². The van der Waals surface area contributed by atoms with E-state index in [0.29, 0.717) is 5.69 Å². The highest BCUT2D eigenvalue weighted by molar-refractivity contribution is 9.10. The molecule has 0 saturated heterocycles. The topological polar surface area (TPSA) is 35.2 Å². The van der Waals surface area contributed by atoms with E-state index in [9.17, 15) is 0 Å². The van der Waals surface area contributed by atoms with Gasteiger partial charge in [0.25, 0.3) is 0 Å². The Hall–Kier alpha value is -1.19. The molecule has 84 valence electrons. The summed E-state index contributed by atoms with van der Waals surface area (Å²) in [6.45, 7) is 0. The molecule has 0 spiro atoms. The first-order valence-electron chi connectivity index (χ1n) is 4.53. The van der Waals surface area contributed by atoms with Crippen LogP contribution < -0.4 is 10.5 Å². The number of para-hydroxylation sites is 1. The maximum atomic E-state index is 5.66. The van der Waals surface area contributed by atoms with Crippen LogP contribution >= 0.6 is 28.3 Å². The zero-order chi connectivity index (χ0) is 10.7. The first-order chi connectivity index (χ1) is 7.25. The Morgan fingerprint density at radius 3 is 2.31 bits per heavy atom. The number of anilines is 1. The standard InChI is InChI=1S/C12H10BrNO.ClH/c13-11-8-9(14)6-7-12(11)15-10-4-2-1-3-5-10;/h1-8H,14H2;1H. The van der Waals surface area contributed by atoms with Crippen LogP contribution in [0.3, 0.4) is 0 Å². The lowest BCUT2D eigenvalue weighted by molar-refractivity contribution is 0.480. The van der Waals surface area contributed by atoms with Gasteiger partial charge in [-0.15, -0.1) is 12.4 Å². The minimum atomic E-state index is 0. The van der Waals surface area contributed by atoms with Gasteiger partial charge in [-0.25, -0.2) is 0 Å². The van der Waals surface area contributed by atoms with Crippen LogP contribution in [0.25, 0.3) is 0 Å². The van der Waals surface area contributed by atoms with Crippen molar-refractivity contribution in [3.05, 3.63) is 53.0 Å². The van der Waals surface area contributed by atoms with Gasteiger partial charge in [-0.05, 0) is 46.3 Å². The highest BCUT2D eigenvalue weighted by atomic mass is 79.9. The summed E-state index contributed by atoms with van der Waals surface area (Å²) in [5.41, 5.74) is 6.35. The molecule has 16 heavy (non-hydrogen) atoms. The fourth-order valence-corrected chi connectivity index (χ4v) is 1.69. The maximum Gasteiger partial charge on any atom is 0.141 e. The van der Waals surface area contributed by atoms with Gasteiger partial charge in [0.2, 0.25) is 0 Å². The predicted molar refractivity (Wildman–Crippen MR) is 72.3 cm³/mol. The molecule has 2 aromatic rings. The Morgan fingerprint density at radius 1 is 1.00 bits per heavy atom. The third-order valence-corrected chi connectivity index (χ3v) is 2.55. The number of benzene rings is 2. The van der Waals surface area contributed by atoms with Crippen LogP contribution in [0.5, 0.6) is 11.5 Å². The molecule has 4 heteroatoms. The molecule has 0 aliphatic heterocycles. The summed E-state index contributed by atoms with van der Waals surface area (Å²) in [5, 5.41) is 0. The molecule has 0 heterocycles. The van der Waals surface area contributed by atoms with E-state index in [4.69, 9.17) is 10.5 Å². The smallest absolute Gasteiger partial charge is 0.141 e. The summed E-state index contributed by atoms with van der Waals surface area (Å²) in [6.07, 6.45) is 0. The van der Waals surface area contributed by atoms with E-state index >= 15 is 0 Å². The maximum absolute atomic E-state index is 5.66. The van der Waals surface area contributed by atoms with E-state index in [0.717, 1.165) is 16.0 Å². The van der Waals surface area contributed by atoms with Crippen molar-refractivity contribution >= 4 is 34.0 Å². The number of hydrogen-bond donors (Lipinski definition) is 1. The fourth-order valence-electron chi connectivity index (χ4n) is 1.22. The molecule has 0 radical (unpaired) electrons. The Morgan fingerprint density at radius 2 is 1.69 bits per heavy atom. The van der Waals surface area contributed by atoms with Crippen LogP contribution in [0.2, 0.25) is 0 Å². The van der Waals surface area contributed by atoms with E-state index in [1.807, 2.05) is 48.5 Å². The van der Waals surface area contributed by atoms with Crippen LogP contribution in [-0.4, -0.2) is 0 Å². The van der Waals surface area contributed by atoms with Gasteiger partial charge < -0.3 is 10.5 Å². The van der Waals surface area contributed by atoms with Crippen molar-refractivity contribution < 1.29 is 4.74 Å². The Balaban J connectivity index is 0.00000128. The molecule has 2 nitrogen and oxygen atoms in total. The number of rotatable bonds is 2. The van der Waals surface area contributed by atoms with Crippen molar-refractivity contribution in [2.75, 3.05) is 5.73 Å². The highest BCUT2D eigenvalue weighted by Crippen LogP contribution is 2.30. The summed E-state index contributed by atoms with van der Waals surface area (Å²) < 4.78 is 6.51. The normalized spacial score (nSPS) is 9.31. The third-order valence-electron chi connectivity index (χ3n) is 1.93. The van der Waals surface area contributed by atoms with E-state index in [-0.39, 0.29) is 12.4 Å². The van der Waals surface area contributed by atoms with Crippen molar-refractivity contribution in [1.82, 2.24) is 0 Å². The molecule has 2 rings (SSSR count). The van der Waals surface area contributed by atoms with Crippen LogP contribution in [-0.2, 0) is 0 Å². The quantitative estimate of drug-likeness (QED) is 0.842. The Kier molecular flexibility index (Phi) is 4.65. The number of nitrogens with two attached hydrogens (primary N) is 1. The number of halogens is 2. The minimum Gasteiger partial charge on any atom is -0.456 e. The van der Waals surface area contributed by atoms with Crippen LogP contribution in [0, 0.1) is 0 Å². The summed E-state index contributed by atoms with van der Waals surface area (Å²) in [4.78, 5) is 0. The van der Waals surface area contributed by atoms with Crippen molar-refractivity contribution in [3.63, 3.8) is 0 Å². The summed E-state index contributed by atoms with van der Waals surface area (Å²) in [7, 11) is 0. The lowest BCUT2D eigenvalue weighted by Crippen LogP contribution is -1.88. The first-order valence-corrected chi connectivity index (χ1v) is 5.33. The van der Waals surface area contributed by atoms with E-state index in [2.05, 4.69) is 15.9 Å². The van der Waals surface area contributed by atoms with Gasteiger partial charge >= 0.3 is 0 Å². The molecule has 0 aromatic heterocycles. The van der Waals surface area contributed by atoms with Gasteiger partial charge in [-0.3, -0.25) is 0 Å². The van der Waals surface area contributed by atoms with Gasteiger partial charge in [0.1, 0.15) is 11.5 Å². The largest absolute Gasteiger partial charge is 0.456 e. The molecule has 0 unspecified atom stereocenters. The molecule has 0 fully saturated rings. The molecule has 0 aliphatic carbocycles. The molecule has 2 aromatic carbocycles. The van der Waals surface area contributed by atoms with Gasteiger partial charge in [0, 0.05) is 5.69 Å². The molecule has 0 aliphatic rings. The van der Waals surface area contributed by atoms with Crippen LogP contribution in [0.4, 0.5) is 5.69 Å². The Bertz CT molecular complexity index is 462. The summed E-state index contributed by atoms with van der Waals surface area (Å²) in [6, 6.07) is 15.1. The lowest BCUT2D eigenvalue weighted by Gasteiger charge is -2.07. The predicted octanol–water partition coefficient (Wildman–Crippen LogP) is 4.25. The zero-order valence-electron chi connectivity index (χ0n) is 8.39. The van der Waals surface area contributed by atoms with Gasteiger partial charge in [0.15, 0.2) is 0 Å². The number of hydrogen-bond acceptors (Lipinski definition) is 2. The van der Waals surface area contributed by atoms with Crippen molar-refractivity contribution in [2.24, 2.45) is 0 Å². The molecule has 0 saturated carbocycles. The highest BCUT2D eigenvalue weighted by Gasteiger charge is 2.02. The number of ether oxygens (including phenoxy) is 1.